The number of hydrazone groups is 1. The van der Waals surface area contributed by atoms with Crippen LogP contribution in [0.25, 0.3) is 11.3 Å². The molecular formula is C18H13FN4O3S. The SMILES string of the molecule is O=[N+]([O-])c1cccc(-c2ccc(C=NNC(=S)Nc3ccc(F)cc3)o2)c1. The molecule has 0 saturated heterocycles. The van der Waals surface area contributed by atoms with Gasteiger partial charge in [0.2, 0.25) is 0 Å². The molecule has 136 valence electrons. The van der Waals surface area contributed by atoms with Crippen molar-refractivity contribution in [3.05, 3.63) is 82.4 Å². The molecule has 9 heteroatoms. The average molecular weight is 384 g/mol. The van der Waals surface area contributed by atoms with Crippen LogP contribution in [0.15, 0.2) is 70.2 Å². The van der Waals surface area contributed by atoms with Gasteiger partial charge in [0.25, 0.3) is 5.69 Å². The van der Waals surface area contributed by atoms with E-state index in [1.807, 2.05) is 0 Å². The first-order chi connectivity index (χ1) is 13.0. The van der Waals surface area contributed by atoms with Gasteiger partial charge in [0.15, 0.2) is 5.11 Å². The summed E-state index contributed by atoms with van der Waals surface area (Å²) in [5.41, 5.74) is 3.81. The monoisotopic (exact) mass is 384 g/mol. The molecule has 0 amide bonds. The van der Waals surface area contributed by atoms with Crippen molar-refractivity contribution in [3.8, 4) is 11.3 Å². The first-order valence-electron chi connectivity index (χ1n) is 7.71. The van der Waals surface area contributed by atoms with Gasteiger partial charge in [0.05, 0.1) is 11.1 Å². The smallest absolute Gasteiger partial charge is 0.270 e. The number of rotatable bonds is 5. The summed E-state index contributed by atoms with van der Waals surface area (Å²) in [6.07, 6.45) is 1.42. The van der Waals surface area contributed by atoms with Crippen LogP contribution in [0, 0.1) is 15.9 Å². The number of halogens is 1. The molecule has 2 N–H and O–H groups in total. The topological polar surface area (TPSA) is 92.7 Å². The van der Waals surface area contributed by atoms with Gasteiger partial charge in [-0.3, -0.25) is 15.5 Å². The molecule has 0 radical (unpaired) electrons. The summed E-state index contributed by atoms with van der Waals surface area (Å²) in [5.74, 6) is 0.579. The van der Waals surface area contributed by atoms with Crippen LogP contribution in [0.2, 0.25) is 0 Å². The van der Waals surface area contributed by atoms with E-state index in [1.165, 1.54) is 30.5 Å². The summed E-state index contributed by atoms with van der Waals surface area (Å²) >= 11 is 5.08. The van der Waals surface area contributed by atoms with Crippen LogP contribution in [0.1, 0.15) is 5.76 Å². The number of hydrogen-bond donors (Lipinski definition) is 2. The van der Waals surface area contributed by atoms with Crippen molar-refractivity contribution in [2.75, 3.05) is 5.32 Å². The Labute approximate surface area is 158 Å². The number of non-ortho nitro benzene ring substituents is 1. The Morgan fingerprint density at radius 3 is 2.70 bits per heavy atom. The van der Waals surface area contributed by atoms with Gasteiger partial charge < -0.3 is 9.73 Å². The standard InChI is InChI=1S/C18H13FN4O3S/c19-13-4-6-14(7-5-13)21-18(27)22-20-11-16-8-9-17(26-16)12-2-1-3-15(10-12)23(24)25/h1-11H,(H2,21,22,27). The van der Waals surface area contributed by atoms with Gasteiger partial charge in [-0.25, -0.2) is 4.39 Å². The zero-order valence-electron chi connectivity index (χ0n) is 13.8. The fourth-order valence-corrected chi connectivity index (χ4v) is 2.37. The van der Waals surface area contributed by atoms with Crippen molar-refractivity contribution in [1.82, 2.24) is 5.43 Å². The lowest BCUT2D eigenvalue weighted by Gasteiger charge is -2.06. The lowest BCUT2D eigenvalue weighted by molar-refractivity contribution is -0.384. The molecule has 0 aliphatic rings. The summed E-state index contributed by atoms with van der Waals surface area (Å²) in [7, 11) is 0. The number of furan rings is 1. The largest absolute Gasteiger partial charge is 0.455 e. The first-order valence-corrected chi connectivity index (χ1v) is 8.12. The van der Waals surface area contributed by atoms with Crippen LogP contribution >= 0.6 is 12.2 Å². The molecule has 1 aromatic heterocycles. The van der Waals surface area contributed by atoms with Gasteiger partial charge in [0.1, 0.15) is 17.3 Å². The Balaban J connectivity index is 1.60. The van der Waals surface area contributed by atoms with E-state index >= 15 is 0 Å². The minimum atomic E-state index is -0.464. The molecule has 0 unspecified atom stereocenters. The number of nitro benzene ring substituents is 1. The maximum atomic E-state index is 12.9. The Hall–Kier alpha value is -3.59. The summed E-state index contributed by atoms with van der Waals surface area (Å²) in [6, 6.07) is 15.2. The normalized spacial score (nSPS) is 10.7. The van der Waals surface area contributed by atoms with Gasteiger partial charge in [-0.15, -0.1) is 0 Å². The Morgan fingerprint density at radius 1 is 1.19 bits per heavy atom. The molecule has 7 nitrogen and oxygen atoms in total. The van der Waals surface area contributed by atoms with Crippen molar-refractivity contribution in [2.45, 2.75) is 0 Å². The molecule has 27 heavy (non-hydrogen) atoms. The highest BCUT2D eigenvalue weighted by Crippen LogP contribution is 2.25. The third kappa shape index (κ3) is 4.95. The van der Waals surface area contributed by atoms with Crippen molar-refractivity contribution in [3.63, 3.8) is 0 Å². The minimum Gasteiger partial charge on any atom is -0.455 e. The molecule has 3 aromatic rings. The van der Waals surface area contributed by atoms with E-state index < -0.39 is 4.92 Å². The van der Waals surface area contributed by atoms with E-state index in [4.69, 9.17) is 16.6 Å². The van der Waals surface area contributed by atoms with Crippen molar-refractivity contribution < 1.29 is 13.7 Å². The highest BCUT2D eigenvalue weighted by Gasteiger charge is 2.09. The predicted octanol–water partition coefficient (Wildman–Crippen LogP) is 4.31. The zero-order valence-corrected chi connectivity index (χ0v) is 14.6. The zero-order chi connectivity index (χ0) is 19.2. The molecule has 0 saturated carbocycles. The number of hydrogen-bond acceptors (Lipinski definition) is 5. The Bertz CT molecular complexity index is 1000. The number of benzene rings is 2. The molecule has 0 bridgehead atoms. The number of nitro groups is 1. The van der Waals surface area contributed by atoms with Crippen LogP contribution in [-0.4, -0.2) is 16.3 Å². The predicted molar refractivity (Wildman–Crippen MR) is 104 cm³/mol. The van der Waals surface area contributed by atoms with Gasteiger partial charge in [-0.05, 0) is 48.6 Å². The van der Waals surface area contributed by atoms with Gasteiger partial charge >= 0.3 is 0 Å². The first kappa shape index (κ1) is 18.2. The number of thiocarbonyl (C=S) groups is 1. The molecule has 2 aromatic carbocycles. The summed E-state index contributed by atoms with van der Waals surface area (Å²) in [4.78, 5) is 10.4. The van der Waals surface area contributed by atoms with E-state index in [1.54, 1.807) is 36.4 Å². The minimum absolute atomic E-state index is 0.0157. The second-order valence-electron chi connectivity index (χ2n) is 5.34. The van der Waals surface area contributed by atoms with Gasteiger partial charge in [-0.2, -0.15) is 5.10 Å². The maximum Gasteiger partial charge on any atom is 0.270 e. The van der Waals surface area contributed by atoms with E-state index in [-0.39, 0.29) is 16.6 Å². The molecule has 0 atom stereocenters. The molecule has 3 rings (SSSR count). The second-order valence-corrected chi connectivity index (χ2v) is 5.75. The molecule has 0 aliphatic carbocycles. The summed E-state index contributed by atoms with van der Waals surface area (Å²) in [5, 5.41) is 17.9. The Kier molecular flexibility index (Phi) is 5.53. The van der Waals surface area contributed by atoms with Crippen molar-refractivity contribution in [1.29, 1.82) is 0 Å². The molecule has 1 heterocycles. The van der Waals surface area contributed by atoms with Crippen LogP contribution < -0.4 is 10.7 Å². The van der Waals surface area contributed by atoms with Gasteiger partial charge in [0, 0.05) is 23.4 Å². The third-order valence-electron chi connectivity index (χ3n) is 3.43. The molecular weight excluding hydrogens is 371 g/mol. The van der Waals surface area contributed by atoms with Crippen LogP contribution in [0.4, 0.5) is 15.8 Å². The second kappa shape index (κ2) is 8.19. The average Bonchev–Trinajstić information content (AvgIpc) is 3.13. The fraction of sp³-hybridized carbons (Fsp3) is 0. The fourth-order valence-electron chi connectivity index (χ4n) is 2.20. The van der Waals surface area contributed by atoms with E-state index in [0.29, 0.717) is 22.8 Å². The van der Waals surface area contributed by atoms with Crippen LogP contribution in [-0.2, 0) is 0 Å². The quantitative estimate of drug-likeness (QED) is 0.295. The number of anilines is 1. The van der Waals surface area contributed by atoms with Crippen LogP contribution in [0.5, 0.6) is 0 Å². The van der Waals surface area contributed by atoms with E-state index in [0.717, 1.165) is 0 Å². The number of nitrogens with one attached hydrogen (secondary N) is 2. The van der Waals surface area contributed by atoms with E-state index in [9.17, 15) is 14.5 Å². The van der Waals surface area contributed by atoms with E-state index in [2.05, 4.69) is 15.8 Å². The molecule has 0 fully saturated rings. The molecule has 0 aliphatic heterocycles. The Morgan fingerprint density at radius 2 is 1.96 bits per heavy atom. The maximum absolute atomic E-state index is 12.9. The highest BCUT2D eigenvalue weighted by atomic mass is 32.1. The summed E-state index contributed by atoms with van der Waals surface area (Å²) < 4.78 is 18.5. The van der Waals surface area contributed by atoms with Crippen LogP contribution in [0.3, 0.4) is 0 Å². The lowest BCUT2D eigenvalue weighted by Crippen LogP contribution is -2.23. The molecule has 0 spiro atoms. The summed E-state index contributed by atoms with van der Waals surface area (Å²) in [6.45, 7) is 0. The number of nitrogens with zero attached hydrogens (tertiary/aromatic N) is 2. The van der Waals surface area contributed by atoms with Gasteiger partial charge in [-0.1, -0.05) is 12.1 Å². The highest BCUT2D eigenvalue weighted by molar-refractivity contribution is 7.80. The lowest BCUT2D eigenvalue weighted by atomic mass is 10.1. The third-order valence-corrected chi connectivity index (χ3v) is 3.62. The van der Waals surface area contributed by atoms with Crippen molar-refractivity contribution in [2.24, 2.45) is 5.10 Å². The van der Waals surface area contributed by atoms with Crippen molar-refractivity contribution >= 4 is 34.9 Å².